The molecule has 0 aromatic heterocycles. The molecule has 0 aliphatic rings. The molecule has 0 aliphatic carbocycles. The highest BCUT2D eigenvalue weighted by Gasteiger charge is 2.18. The Morgan fingerprint density at radius 1 is 0.950 bits per heavy atom. The van der Waals surface area contributed by atoms with Gasteiger partial charge in [-0.1, -0.05) is 18.2 Å². The van der Waals surface area contributed by atoms with Crippen LogP contribution in [0.25, 0.3) is 0 Å². The fourth-order valence-corrected chi connectivity index (χ4v) is 1.73. The van der Waals surface area contributed by atoms with Gasteiger partial charge in [0, 0.05) is 11.1 Å². The van der Waals surface area contributed by atoms with Gasteiger partial charge in [-0.15, -0.1) is 0 Å². The van der Waals surface area contributed by atoms with Crippen LogP contribution in [0.5, 0.6) is 5.75 Å². The minimum atomic E-state index is -0.886. The number of hydrogen-bond donors (Lipinski definition) is 1. The van der Waals surface area contributed by atoms with E-state index in [1.54, 1.807) is 12.1 Å². The molecule has 0 aliphatic heterocycles. The van der Waals surface area contributed by atoms with Crippen LogP contribution in [-0.4, -0.2) is 23.3 Å². The number of esters is 1. The van der Waals surface area contributed by atoms with Gasteiger partial charge >= 0.3 is 12.4 Å². The fourth-order valence-electron chi connectivity index (χ4n) is 1.73. The second-order valence-electron chi connectivity index (χ2n) is 3.92. The van der Waals surface area contributed by atoms with Crippen molar-refractivity contribution in [2.24, 2.45) is 0 Å². The molecule has 2 aromatic rings. The molecule has 0 amide bonds. The van der Waals surface area contributed by atoms with E-state index in [1.807, 2.05) is 0 Å². The van der Waals surface area contributed by atoms with E-state index in [9.17, 15) is 19.5 Å². The van der Waals surface area contributed by atoms with Crippen LogP contribution in [0, 0.1) is 0 Å². The summed E-state index contributed by atoms with van der Waals surface area (Å²) in [5.41, 5.74) is 0.455. The Kier molecular flexibility index (Phi) is 3.91. The first-order valence-electron chi connectivity index (χ1n) is 5.71. The van der Waals surface area contributed by atoms with E-state index in [-0.39, 0.29) is 23.3 Å². The minimum absolute atomic E-state index is 0.0117. The molecule has 0 fully saturated rings. The van der Waals surface area contributed by atoms with Gasteiger partial charge in [0.2, 0.25) is 0 Å². The zero-order valence-corrected chi connectivity index (χ0v) is 10.3. The summed E-state index contributed by atoms with van der Waals surface area (Å²) in [5.74, 6) is -1.25. The van der Waals surface area contributed by atoms with Gasteiger partial charge in [-0.3, -0.25) is 9.59 Å². The Bertz CT molecular complexity index is 658. The van der Waals surface area contributed by atoms with E-state index in [0.717, 1.165) is 0 Å². The van der Waals surface area contributed by atoms with Crippen LogP contribution in [0.2, 0.25) is 0 Å². The number of benzene rings is 2. The van der Waals surface area contributed by atoms with Gasteiger partial charge in [-0.25, -0.2) is 4.79 Å². The highest BCUT2D eigenvalue weighted by Crippen LogP contribution is 2.17. The number of aromatic hydroxyl groups is 1. The summed E-state index contributed by atoms with van der Waals surface area (Å²) < 4.78 is 4.26. The van der Waals surface area contributed by atoms with Crippen molar-refractivity contribution in [1.82, 2.24) is 0 Å². The Hall–Kier alpha value is -2.95. The predicted octanol–water partition coefficient (Wildman–Crippen LogP) is 1.94. The van der Waals surface area contributed by atoms with Crippen molar-refractivity contribution in [3.63, 3.8) is 0 Å². The van der Waals surface area contributed by atoms with E-state index in [0.29, 0.717) is 5.56 Å². The smallest absolute Gasteiger partial charge is 0.346 e. The van der Waals surface area contributed by atoms with Crippen LogP contribution in [0.3, 0.4) is 0 Å². The third-order valence-corrected chi connectivity index (χ3v) is 2.68. The molecule has 2 rings (SSSR count). The molecule has 5 heteroatoms. The van der Waals surface area contributed by atoms with E-state index < -0.39 is 11.8 Å². The Morgan fingerprint density at radius 2 is 1.55 bits per heavy atom. The van der Waals surface area contributed by atoms with E-state index in [2.05, 4.69) is 4.74 Å². The van der Waals surface area contributed by atoms with E-state index in [1.165, 1.54) is 36.4 Å². The minimum Gasteiger partial charge on any atom is -0.508 e. The van der Waals surface area contributed by atoms with Gasteiger partial charge in [0.1, 0.15) is 5.75 Å². The maximum Gasteiger partial charge on any atom is 0.346 e. The Morgan fingerprint density at radius 3 is 2.15 bits per heavy atom. The van der Waals surface area contributed by atoms with Crippen LogP contribution < -0.4 is 0 Å². The number of rotatable bonds is 4. The number of phenolic OH excluding ortho intramolecular Hbond substituents is 1. The normalized spacial score (nSPS) is 9.80. The van der Waals surface area contributed by atoms with Gasteiger partial charge in [-0.05, 0) is 30.3 Å². The highest BCUT2D eigenvalue weighted by atomic mass is 16.6. The van der Waals surface area contributed by atoms with Gasteiger partial charge in [0.05, 0.1) is 5.56 Å². The summed E-state index contributed by atoms with van der Waals surface area (Å²) in [6.07, 6.45) is 0. The molecule has 1 N–H and O–H groups in total. The van der Waals surface area contributed by atoms with Gasteiger partial charge in [0.15, 0.2) is 5.78 Å². The zero-order valence-electron chi connectivity index (χ0n) is 10.3. The van der Waals surface area contributed by atoms with Gasteiger partial charge in [0.25, 0.3) is 0 Å². The van der Waals surface area contributed by atoms with Crippen LogP contribution in [0.4, 0.5) is 0 Å². The number of ether oxygens (including phenoxy) is 1. The molecule has 0 spiro atoms. The Labute approximate surface area is 114 Å². The van der Waals surface area contributed by atoms with Crippen LogP contribution in [-0.2, 0) is 9.53 Å². The SMILES string of the molecule is O=COC(=O)c1ccccc1C(=O)c1ccc(O)cc1. The quantitative estimate of drug-likeness (QED) is 0.397. The largest absolute Gasteiger partial charge is 0.508 e. The molecule has 0 bridgehead atoms. The molecule has 0 saturated carbocycles. The number of phenols is 1. The lowest BCUT2D eigenvalue weighted by Gasteiger charge is -2.06. The molecule has 2 aromatic carbocycles. The maximum atomic E-state index is 12.3. The second kappa shape index (κ2) is 5.79. The van der Waals surface area contributed by atoms with E-state index >= 15 is 0 Å². The third kappa shape index (κ3) is 2.72. The predicted molar refractivity (Wildman–Crippen MR) is 69.5 cm³/mol. The topological polar surface area (TPSA) is 80.7 Å². The highest BCUT2D eigenvalue weighted by molar-refractivity contribution is 6.14. The Balaban J connectivity index is 2.42. The lowest BCUT2D eigenvalue weighted by molar-refractivity contribution is -0.123. The van der Waals surface area contributed by atoms with Gasteiger partial charge in [-0.2, -0.15) is 0 Å². The van der Waals surface area contributed by atoms with Crippen molar-refractivity contribution in [2.45, 2.75) is 0 Å². The van der Waals surface area contributed by atoms with Gasteiger partial charge < -0.3 is 9.84 Å². The van der Waals surface area contributed by atoms with Crippen molar-refractivity contribution in [3.8, 4) is 5.75 Å². The number of hydrogen-bond acceptors (Lipinski definition) is 5. The molecular weight excluding hydrogens is 260 g/mol. The average Bonchev–Trinajstić information content (AvgIpc) is 2.47. The number of carbonyl (C=O) groups excluding carboxylic acids is 3. The van der Waals surface area contributed by atoms with Crippen molar-refractivity contribution in [1.29, 1.82) is 0 Å². The molecule has 0 radical (unpaired) electrons. The lowest BCUT2D eigenvalue weighted by atomic mass is 9.98. The molecule has 0 saturated heterocycles. The van der Waals surface area contributed by atoms with Crippen LogP contribution >= 0.6 is 0 Å². The summed E-state index contributed by atoms with van der Waals surface area (Å²) in [6, 6.07) is 11.7. The number of ketones is 1. The molecular formula is C15H10O5. The molecule has 100 valence electrons. The monoisotopic (exact) mass is 270 g/mol. The number of carbonyl (C=O) groups is 3. The summed E-state index contributed by atoms with van der Waals surface area (Å²) >= 11 is 0. The first kappa shape index (κ1) is 13.5. The maximum absolute atomic E-state index is 12.3. The lowest BCUT2D eigenvalue weighted by Crippen LogP contribution is -2.12. The van der Waals surface area contributed by atoms with Crippen LogP contribution in [0.15, 0.2) is 48.5 Å². The summed E-state index contributed by atoms with van der Waals surface area (Å²) in [7, 11) is 0. The van der Waals surface area contributed by atoms with Crippen molar-refractivity contribution >= 4 is 18.2 Å². The van der Waals surface area contributed by atoms with Crippen molar-refractivity contribution < 1.29 is 24.2 Å². The van der Waals surface area contributed by atoms with E-state index in [4.69, 9.17) is 0 Å². The summed E-state index contributed by atoms with van der Waals surface area (Å²) in [6.45, 7) is 0.0180. The first-order chi connectivity index (χ1) is 9.63. The average molecular weight is 270 g/mol. The summed E-state index contributed by atoms with van der Waals surface area (Å²) in [5, 5.41) is 9.20. The first-order valence-corrected chi connectivity index (χ1v) is 5.71. The van der Waals surface area contributed by atoms with Crippen molar-refractivity contribution in [2.75, 3.05) is 0 Å². The molecule has 5 nitrogen and oxygen atoms in total. The standard InChI is InChI=1S/C15H10O5/c16-9-20-15(19)13-4-2-1-3-12(13)14(18)10-5-7-11(17)8-6-10/h1-9,17H. The zero-order chi connectivity index (χ0) is 14.5. The third-order valence-electron chi connectivity index (χ3n) is 2.68. The van der Waals surface area contributed by atoms with Crippen LogP contribution in [0.1, 0.15) is 26.3 Å². The molecule has 0 unspecified atom stereocenters. The summed E-state index contributed by atoms with van der Waals surface area (Å²) in [4.78, 5) is 34.1. The fraction of sp³-hybridized carbons (Fsp3) is 0. The molecule has 0 atom stereocenters. The van der Waals surface area contributed by atoms with Crippen molar-refractivity contribution in [3.05, 3.63) is 65.2 Å². The second-order valence-corrected chi connectivity index (χ2v) is 3.92. The molecule has 20 heavy (non-hydrogen) atoms. The molecule has 0 heterocycles.